The second-order valence-corrected chi connectivity index (χ2v) is 6.58. The van der Waals surface area contributed by atoms with E-state index in [1.165, 1.54) is 31.4 Å². The first-order valence-corrected chi connectivity index (χ1v) is 7.86. The van der Waals surface area contributed by atoms with Crippen molar-refractivity contribution in [3.63, 3.8) is 0 Å². The van der Waals surface area contributed by atoms with Gasteiger partial charge in [0.05, 0.1) is 12.0 Å². The first kappa shape index (κ1) is 14.6. The maximum Gasteiger partial charge on any atom is 0.0948 e. The van der Waals surface area contributed by atoms with E-state index in [4.69, 9.17) is 0 Å². The molecule has 1 saturated carbocycles. The van der Waals surface area contributed by atoms with Gasteiger partial charge in [0.2, 0.25) is 0 Å². The highest BCUT2D eigenvalue weighted by Gasteiger charge is 2.22. The lowest BCUT2D eigenvalue weighted by atomic mass is 9.80. The molecule has 1 aliphatic rings. The van der Waals surface area contributed by atoms with Crippen molar-refractivity contribution in [3.05, 3.63) is 18.2 Å². The lowest BCUT2D eigenvalue weighted by molar-refractivity contribution is 0.226. The Morgan fingerprint density at radius 2 is 2.16 bits per heavy atom. The summed E-state index contributed by atoms with van der Waals surface area (Å²) in [6, 6.07) is 0. The quantitative estimate of drug-likeness (QED) is 0.852. The second-order valence-electron chi connectivity index (χ2n) is 6.58. The zero-order chi connectivity index (χ0) is 13.7. The Morgan fingerprint density at radius 3 is 2.89 bits per heavy atom. The Bertz CT molecular complexity index is 370. The number of aromatic nitrogens is 2. The first-order valence-electron chi connectivity index (χ1n) is 7.86. The maximum atomic E-state index is 4.33. The molecule has 2 unspecified atom stereocenters. The number of imidazole rings is 1. The van der Waals surface area contributed by atoms with Crippen LogP contribution in [0.5, 0.6) is 0 Å². The van der Waals surface area contributed by atoms with Gasteiger partial charge in [0, 0.05) is 19.3 Å². The molecule has 0 radical (unpaired) electrons. The van der Waals surface area contributed by atoms with Gasteiger partial charge in [-0.15, -0.1) is 0 Å². The molecule has 1 aromatic heterocycles. The molecule has 1 aliphatic carbocycles. The summed E-state index contributed by atoms with van der Waals surface area (Å²) in [6.45, 7) is 10.1. The van der Waals surface area contributed by atoms with Gasteiger partial charge in [0.15, 0.2) is 0 Å². The van der Waals surface area contributed by atoms with E-state index in [1.807, 2.05) is 12.5 Å². The van der Waals surface area contributed by atoms with Crippen LogP contribution in [0, 0.1) is 17.8 Å². The lowest BCUT2D eigenvalue weighted by Crippen LogP contribution is -2.25. The molecule has 2 atom stereocenters. The second kappa shape index (κ2) is 7.09. The summed E-state index contributed by atoms with van der Waals surface area (Å²) in [5.41, 5.74) is 1.33. The summed E-state index contributed by atoms with van der Waals surface area (Å²) in [6.07, 6.45) is 9.64. The molecule has 0 bridgehead atoms. The van der Waals surface area contributed by atoms with Crippen LogP contribution in [-0.2, 0) is 13.1 Å². The van der Waals surface area contributed by atoms with Crippen LogP contribution in [-0.4, -0.2) is 16.1 Å². The molecular formula is C16H29N3. The highest BCUT2D eigenvalue weighted by molar-refractivity contribution is 4.98. The van der Waals surface area contributed by atoms with Crippen LogP contribution in [0.25, 0.3) is 0 Å². The normalized spacial score (nSPS) is 24.0. The van der Waals surface area contributed by atoms with Gasteiger partial charge >= 0.3 is 0 Å². The summed E-state index contributed by atoms with van der Waals surface area (Å²) in [5, 5.41) is 3.52. The van der Waals surface area contributed by atoms with Crippen LogP contribution in [0.4, 0.5) is 0 Å². The van der Waals surface area contributed by atoms with Gasteiger partial charge < -0.3 is 9.88 Å². The van der Waals surface area contributed by atoms with Crippen LogP contribution in [0.3, 0.4) is 0 Å². The number of nitrogens with zero attached hydrogens (tertiary/aromatic N) is 2. The van der Waals surface area contributed by atoms with E-state index < -0.39 is 0 Å². The highest BCUT2D eigenvalue weighted by Crippen LogP contribution is 2.30. The maximum absolute atomic E-state index is 4.33. The molecule has 2 rings (SSSR count). The minimum absolute atomic E-state index is 0.703. The third-order valence-corrected chi connectivity index (χ3v) is 4.38. The molecule has 3 heteroatoms. The molecule has 19 heavy (non-hydrogen) atoms. The van der Waals surface area contributed by atoms with Gasteiger partial charge in [-0.25, -0.2) is 4.98 Å². The average Bonchev–Trinajstić information content (AvgIpc) is 2.79. The first-order chi connectivity index (χ1) is 9.16. The molecule has 0 aromatic carbocycles. The standard InChI is InChI=1S/C16H29N3/c1-13(2)8-17-9-16-10-18-12-19(16)11-15-7-5-4-6-14(15)3/h10,12-15,17H,4-9,11H2,1-3H3. The molecule has 0 spiro atoms. The fraction of sp³-hybridized carbons (Fsp3) is 0.812. The van der Waals surface area contributed by atoms with Crippen LogP contribution < -0.4 is 5.32 Å². The van der Waals surface area contributed by atoms with Crippen molar-refractivity contribution in [2.45, 2.75) is 59.5 Å². The molecule has 0 saturated heterocycles. The van der Waals surface area contributed by atoms with Gasteiger partial charge in [-0.1, -0.05) is 40.0 Å². The smallest absolute Gasteiger partial charge is 0.0948 e. The SMILES string of the molecule is CC(C)CNCc1cncn1CC1CCCCC1C. The Kier molecular flexibility index (Phi) is 5.44. The largest absolute Gasteiger partial charge is 0.333 e. The molecule has 3 nitrogen and oxygen atoms in total. The number of nitrogens with one attached hydrogen (secondary N) is 1. The van der Waals surface area contributed by atoms with E-state index in [1.54, 1.807) is 0 Å². The van der Waals surface area contributed by atoms with E-state index in [0.717, 1.165) is 31.5 Å². The third-order valence-electron chi connectivity index (χ3n) is 4.38. The van der Waals surface area contributed by atoms with Crippen molar-refractivity contribution >= 4 is 0 Å². The van der Waals surface area contributed by atoms with Crippen molar-refractivity contribution in [1.82, 2.24) is 14.9 Å². The van der Waals surface area contributed by atoms with Crippen LogP contribution in [0.15, 0.2) is 12.5 Å². The predicted octanol–water partition coefficient (Wildman–Crippen LogP) is 3.46. The summed E-state index contributed by atoms with van der Waals surface area (Å²) in [4.78, 5) is 4.33. The zero-order valence-corrected chi connectivity index (χ0v) is 12.7. The molecule has 1 aromatic rings. The summed E-state index contributed by atoms with van der Waals surface area (Å²) in [7, 11) is 0. The highest BCUT2D eigenvalue weighted by atomic mass is 15.1. The Hall–Kier alpha value is -0.830. The number of rotatable bonds is 6. The average molecular weight is 263 g/mol. The molecule has 1 heterocycles. The molecule has 1 N–H and O–H groups in total. The van der Waals surface area contributed by atoms with Crippen molar-refractivity contribution in [2.24, 2.45) is 17.8 Å². The Labute approximate surface area is 117 Å². The predicted molar refractivity (Wildman–Crippen MR) is 79.9 cm³/mol. The van der Waals surface area contributed by atoms with E-state index in [0.29, 0.717) is 5.92 Å². The fourth-order valence-electron chi connectivity index (χ4n) is 3.07. The summed E-state index contributed by atoms with van der Waals surface area (Å²) < 4.78 is 2.36. The lowest BCUT2D eigenvalue weighted by Gasteiger charge is -2.29. The Morgan fingerprint density at radius 1 is 1.37 bits per heavy atom. The molecule has 0 aliphatic heterocycles. The number of hydrogen-bond acceptors (Lipinski definition) is 2. The van der Waals surface area contributed by atoms with Gasteiger partial charge in [-0.2, -0.15) is 0 Å². The number of hydrogen-bond donors (Lipinski definition) is 1. The topological polar surface area (TPSA) is 29.9 Å². The zero-order valence-electron chi connectivity index (χ0n) is 12.7. The fourth-order valence-corrected chi connectivity index (χ4v) is 3.07. The summed E-state index contributed by atoms with van der Waals surface area (Å²) >= 11 is 0. The van der Waals surface area contributed by atoms with E-state index >= 15 is 0 Å². The minimum Gasteiger partial charge on any atom is -0.333 e. The van der Waals surface area contributed by atoms with E-state index in [9.17, 15) is 0 Å². The third kappa shape index (κ3) is 4.34. The molecule has 1 fully saturated rings. The molecule has 108 valence electrons. The van der Waals surface area contributed by atoms with Gasteiger partial charge in [0.25, 0.3) is 0 Å². The van der Waals surface area contributed by atoms with Gasteiger partial charge in [0.1, 0.15) is 0 Å². The van der Waals surface area contributed by atoms with E-state index in [-0.39, 0.29) is 0 Å². The monoisotopic (exact) mass is 263 g/mol. The van der Waals surface area contributed by atoms with Gasteiger partial charge in [-0.3, -0.25) is 0 Å². The van der Waals surface area contributed by atoms with Crippen molar-refractivity contribution in [2.75, 3.05) is 6.54 Å². The summed E-state index contributed by atoms with van der Waals surface area (Å²) in [5.74, 6) is 2.41. The van der Waals surface area contributed by atoms with Crippen LogP contribution >= 0.6 is 0 Å². The van der Waals surface area contributed by atoms with Crippen molar-refractivity contribution in [3.8, 4) is 0 Å². The van der Waals surface area contributed by atoms with E-state index in [2.05, 4.69) is 35.6 Å². The Balaban J connectivity index is 1.87. The van der Waals surface area contributed by atoms with Crippen LogP contribution in [0.1, 0.15) is 52.1 Å². The molecular weight excluding hydrogens is 234 g/mol. The molecule has 0 amide bonds. The van der Waals surface area contributed by atoms with Gasteiger partial charge in [-0.05, 0) is 30.7 Å². The van der Waals surface area contributed by atoms with Crippen LogP contribution in [0.2, 0.25) is 0 Å². The van der Waals surface area contributed by atoms with Crippen molar-refractivity contribution < 1.29 is 0 Å². The minimum atomic E-state index is 0.703. The van der Waals surface area contributed by atoms with Crippen molar-refractivity contribution in [1.29, 1.82) is 0 Å².